The lowest BCUT2D eigenvalue weighted by Crippen LogP contribution is -2.40. The van der Waals surface area contributed by atoms with E-state index in [2.05, 4.69) is 33.0 Å². The van der Waals surface area contributed by atoms with Crippen LogP contribution in [-0.2, 0) is 0 Å². The lowest BCUT2D eigenvalue weighted by molar-refractivity contribution is 0.227. The molecule has 0 aromatic heterocycles. The maximum absolute atomic E-state index is 3.73. The van der Waals surface area contributed by atoms with Gasteiger partial charge in [0.05, 0.1) is 0 Å². The van der Waals surface area contributed by atoms with E-state index in [0.29, 0.717) is 6.04 Å². The molecule has 78 valence electrons. The second-order valence-corrected chi connectivity index (χ2v) is 5.09. The third-order valence-electron chi connectivity index (χ3n) is 3.31. The minimum Gasteiger partial charge on any atom is -0.311 e. The van der Waals surface area contributed by atoms with Crippen molar-refractivity contribution in [3.63, 3.8) is 0 Å². The van der Waals surface area contributed by atoms with Crippen molar-refractivity contribution in [2.24, 2.45) is 11.8 Å². The molecular formula is C12H25N. The highest BCUT2D eigenvalue weighted by molar-refractivity contribution is 4.81. The highest BCUT2D eigenvalue weighted by atomic mass is 14.9. The predicted octanol–water partition coefficient (Wildman–Crippen LogP) is 3.20. The fourth-order valence-electron chi connectivity index (χ4n) is 2.60. The first-order chi connectivity index (χ1) is 6.11. The molecule has 0 amide bonds. The molecule has 3 atom stereocenters. The molecule has 0 aliphatic heterocycles. The summed E-state index contributed by atoms with van der Waals surface area (Å²) in [6.07, 6.45) is 5.45. The Labute approximate surface area is 83.3 Å². The van der Waals surface area contributed by atoms with Gasteiger partial charge < -0.3 is 5.32 Å². The zero-order chi connectivity index (χ0) is 9.84. The van der Waals surface area contributed by atoms with E-state index in [0.717, 1.165) is 17.9 Å². The largest absolute Gasteiger partial charge is 0.311 e. The second-order valence-electron chi connectivity index (χ2n) is 5.09. The number of hydrogen-bond acceptors (Lipinski definition) is 1. The van der Waals surface area contributed by atoms with Crippen LogP contribution >= 0.6 is 0 Å². The van der Waals surface area contributed by atoms with Crippen LogP contribution in [0.25, 0.3) is 0 Å². The quantitative estimate of drug-likeness (QED) is 0.708. The average Bonchev–Trinajstić information content (AvgIpc) is 2.02. The van der Waals surface area contributed by atoms with Crippen molar-refractivity contribution in [2.75, 3.05) is 0 Å². The van der Waals surface area contributed by atoms with Crippen LogP contribution < -0.4 is 5.32 Å². The van der Waals surface area contributed by atoms with Crippen LogP contribution in [0, 0.1) is 11.8 Å². The molecule has 1 aliphatic rings. The first kappa shape index (κ1) is 11.0. The Morgan fingerprint density at radius 2 is 1.69 bits per heavy atom. The van der Waals surface area contributed by atoms with E-state index in [1.807, 2.05) is 0 Å². The molecule has 1 N–H and O–H groups in total. The van der Waals surface area contributed by atoms with Crippen molar-refractivity contribution >= 4 is 0 Å². The van der Waals surface area contributed by atoms with E-state index < -0.39 is 0 Å². The normalized spacial score (nSPS) is 37.4. The van der Waals surface area contributed by atoms with Crippen LogP contribution in [0.2, 0.25) is 0 Å². The Morgan fingerprint density at radius 1 is 1.15 bits per heavy atom. The first-order valence-electron chi connectivity index (χ1n) is 5.87. The maximum Gasteiger partial charge on any atom is 0.00746 e. The van der Waals surface area contributed by atoms with Gasteiger partial charge in [0, 0.05) is 12.1 Å². The lowest BCUT2D eigenvalue weighted by atomic mass is 9.80. The lowest BCUT2D eigenvalue weighted by Gasteiger charge is -2.33. The molecule has 0 spiro atoms. The molecular weight excluding hydrogens is 158 g/mol. The van der Waals surface area contributed by atoms with Gasteiger partial charge in [0.15, 0.2) is 0 Å². The van der Waals surface area contributed by atoms with Gasteiger partial charge in [0.1, 0.15) is 0 Å². The molecule has 0 aromatic rings. The van der Waals surface area contributed by atoms with E-state index >= 15 is 0 Å². The van der Waals surface area contributed by atoms with Crippen LogP contribution in [0.5, 0.6) is 0 Å². The fraction of sp³-hybridized carbons (Fsp3) is 1.00. The summed E-state index contributed by atoms with van der Waals surface area (Å²) in [4.78, 5) is 0. The van der Waals surface area contributed by atoms with E-state index in [1.54, 1.807) is 0 Å². The second kappa shape index (κ2) is 4.99. The third-order valence-corrected chi connectivity index (χ3v) is 3.31. The van der Waals surface area contributed by atoms with E-state index in [-0.39, 0.29) is 0 Å². The third kappa shape index (κ3) is 3.68. The highest BCUT2D eigenvalue weighted by Gasteiger charge is 2.24. The molecule has 1 fully saturated rings. The molecule has 1 nitrogen and oxygen atoms in total. The Morgan fingerprint density at radius 3 is 2.15 bits per heavy atom. The molecule has 0 aromatic carbocycles. The van der Waals surface area contributed by atoms with Crippen molar-refractivity contribution in [3.8, 4) is 0 Å². The van der Waals surface area contributed by atoms with Crippen LogP contribution in [0.3, 0.4) is 0 Å². The zero-order valence-electron chi connectivity index (χ0n) is 9.64. The Hall–Kier alpha value is -0.0400. The molecule has 1 saturated carbocycles. The Bertz CT molecular complexity index is 134. The maximum atomic E-state index is 3.73. The predicted molar refractivity (Wildman–Crippen MR) is 58.9 cm³/mol. The van der Waals surface area contributed by atoms with Gasteiger partial charge in [0.25, 0.3) is 0 Å². The summed E-state index contributed by atoms with van der Waals surface area (Å²) in [5.74, 6) is 1.84. The Kier molecular flexibility index (Phi) is 4.24. The zero-order valence-corrected chi connectivity index (χ0v) is 9.64. The summed E-state index contributed by atoms with van der Waals surface area (Å²) in [6, 6.07) is 1.48. The Balaban J connectivity index is 2.32. The van der Waals surface area contributed by atoms with Crippen LogP contribution in [0.15, 0.2) is 0 Å². The summed E-state index contributed by atoms with van der Waals surface area (Å²) in [6.45, 7) is 9.33. The summed E-state index contributed by atoms with van der Waals surface area (Å²) in [5, 5.41) is 3.73. The summed E-state index contributed by atoms with van der Waals surface area (Å²) in [7, 11) is 0. The topological polar surface area (TPSA) is 12.0 Å². The van der Waals surface area contributed by atoms with Gasteiger partial charge in [-0.15, -0.1) is 0 Å². The van der Waals surface area contributed by atoms with Crippen molar-refractivity contribution in [2.45, 2.75) is 65.5 Å². The molecule has 0 heterocycles. The molecule has 3 unspecified atom stereocenters. The van der Waals surface area contributed by atoms with Gasteiger partial charge in [-0.3, -0.25) is 0 Å². The van der Waals surface area contributed by atoms with Crippen molar-refractivity contribution < 1.29 is 0 Å². The molecule has 13 heavy (non-hydrogen) atoms. The number of hydrogen-bond donors (Lipinski definition) is 1. The summed E-state index contributed by atoms with van der Waals surface area (Å²) < 4.78 is 0. The van der Waals surface area contributed by atoms with Gasteiger partial charge in [-0.25, -0.2) is 0 Å². The molecule has 0 saturated heterocycles. The van der Waals surface area contributed by atoms with Crippen molar-refractivity contribution in [1.29, 1.82) is 0 Å². The van der Waals surface area contributed by atoms with Gasteiger partial charge >= 0.3 is 0 Å². The smallest absolute Gasteiger partial charge is 0.00746 e. The molecule has 1 rings (SSSR count). The molecule has 1 heteroatoms. The fourth-order valence-corrected chi connectivity index (χ4v) is 2.60. The molecule has 1 aliphatic carbocycles. The van der Waals surface area contributed by atoms with Crippen LogP contribution in [-0.4, -0.2) is 12.1 Å². The van der Waals surface area contributed by atoms with Crippen molar-refractivity contribution in [1.82, 2.24) is 5.32 Å². The summed E-state index contributed by atoms with van der Waals surface area (Å²) in [5.41, 5.74) is 0. The monoisotopic (exact) mass is 183 g/mol. The van der Waals surface area contributed by atoms with Gasteiger partial charge in [-0.1, -0.05) is 20.8 Å². The van der Waals surface area contributed by atoms with Crippen LogP contribution in [0.4, 0.5) is 0 Å². The molecule has 0 radical (unpaired) electrons. The highest BCUT2D eigenvalue weighted by Crippen LogP contribution is 2.28. The van der Waals surface area contributed by atoms with Gasteiger partial charge in [-0.05, 0) is 44.4 Å². The van der Waals surface area contributed by atoms with Crippen LogP contribution in [0.1, 0.15) is 53.4 Å². The standard InChI is InChI=1S/C12H25N/c1-5-11(4)13-12-7-9(2)6-10(3)8-12/h9-13H,5-8H2,1-4H3. The van der Waals surface area contributed by atoms with E-state index in [9.17, 15) is 0 Å². The van der Waals surface area contributed by atoms with Crippen molar-refractivity contribution in [3.05, 3.63) is 0 Å². The van der Waals surface area contributed by atoms with E-state index in [4.69, 9.17) is 0 Å². The summed E-state index contributed by atoms with van der Waals surface area (Å²) >= 11 is 0. The molecule has 0 bridgehead atoms. The number of nitrogens with one attached hydrogen (secondary N) is 1. The minimum absolute atomic E-state index is 0.697. The number of rotatable bonds is 3. The first-order valence-corrected chi connectivity index (χ1v) is 5.87. The van der Waals surface area contributed by atoms with E-state index in [1.165, 1.54) is 25.7 Å². The van der Waals surface area contributed by atoms with Gasteiger partial charge in [0.2, 0.25) is 0 Å². The van der Waals surface area contributed by atoms with Gasteiger partial charge in [-0.2, -0.15) is 0 Å². The average molecular weight is 183 g/mol. The SMILES string of the molecule is CCC(C)NC1CC(C)CC(C)C1. The minimum atomic E-state index is 0.697.